The normalized spacial score (nSPS) is 20.8. The highest BCUT2D eigenvalue weighted by molar-refractivity contribution is 7.98. The molecule has 2 fully saturated rings. The van der Waals surface area contributed by atoms with Crippen molar-refractivity contribution in [2.24, 2.45) is 0 Å². The Balaban J connectivity index is 1.22. The number of nitrogens with one attached hydrogen (secondary N) is 3. The van der Waals surface area contributed by atoms with Gasteiger partial charge in [0.1, 0.15) is 11.9 Å². The number of fused-ring (bicyclic) bond motifs is 1. The summed E-state index contributed by atoms with van der Waals surface area (Å²) in [5.41, 5.74) is 8.35. The van der Waals surface area contributed by atoms with Gasteiger partial charge in [0.25, 0.3) is 0 Å². The number of amides is 1. The van der Waals surface area contributed by atoms with E-state index in [4.69, 9.17) is 9.97 Å². The molecule has 2 aromatic heterocycles. The maximum atomic E-state index is 12.7. The predicted molar refractivity (Wildman–Crippen MR) is 125 cm³/mol. The van der Waals surface area contributed by atoms with E-state index in [1.165, 1.54) is 30.2 Å². The Kier molecular flexibility index (Phi) is 6.24. The van der Waals surface area contributed by atoms with Gasteiger partial charge < -0.3 is 10.2 Å². The summed E-state index contributed by atoms with van der Waals surface area (Å²) in [6.45, 7) is 3.09. The smallest absolute Gasteiger partial charge is 0.238 e. The van der Waals surface area contributed by atoms with E-state index in [0.717, 1.165) is 35.1 Å². The van der Waals surface area contributed by atoms with Crippen LogP contribution in [0.15, 0.2) is 41.7 Å². The maximum absolute atomic E-state index is 12.7. The molecule has 5 rings (SSSR count). The van der Waals surface area contributed by atoms with Crippen molar-refractivity contribution in [3.05, 3.63) is 42.1 Å². The number of hydrazine groups is 1. The number of carbonyl (C=O) groups is 1. The molecule has 9 nitrogen and oxygen atoms in total. The van der Waals surface area contributed by atoms with E-state index in [-0.39, 0.29) is 18.0 Å². The van der Waals surface area contributed by atoms with Gasteiger partial charge >= 0.3 is 0 Å². The van der Waals surface area contributed by atoms with Crippen molar-refractivity contribution in [2.45, 2.75) is 43.0 Å². The van der Waals surface area contributed by atoms with Crippen LogP contribution >= 0.6 is 11.8 Å². The Morgan fingerprint density at radius 3 is 2.78 bits per heavy atom. The third kappa shape index (κ3) is 4.30. The second-order valence-electron chi connectivity index (χ2n) is 8.16. The van der Waals surface area contributed by atoms with Crippen molar-refractivity contribution in [1.82, 2.24) is 35.9 Å². The summed E-state index contributed by atoms with van der Waals surface area (Å²) in [6.07, 6.45) is 6.93. The Morgan fingerprint density at radius 1 is 1.19 bits per heavy atom. The van der Waals surface area contributed by atoms with Gasteiger partial charge in [-0.1, -0.05) is 42.1 Å². The van der Waals surface area contributed by atoms with Gasteiger partial charge in [-0.25, -0.2) is 25.5 Å². The second kappa shape index (κ2) is 9.43. The van der Waals surface area contributed by atoms with Crippen LogP contribution in [0.2, 0.25) is 0 Å². The first-order chi connectivity index (χ1) is 15.7. The summed E-state index contributed by atoms with van der Waals surface area (Å²) in [5, 5.41) is 9.31. The van der Waals surface area contributed by atoms with Gasteiger partial charge in [-0.15, -0.1) is 0 Å². The molecule has 10 heteroatoms. The van der Waals surface area contributed by atoms with E-state index in [9.17, 15) is 4.79 Å². The van der Waals surface area contributed by atoms with E-state index in [1.807, 2.05) is 35.3 Å². The molecule has 0 bridgehead atoms. The molecule has 168 valence electrons. The average molecular weight is 453 g/mol. The first-order valence-corrected chi connectivity index (χ1v) is 12.3. The molecule has 0 saturated carbocycles. The minimum atomic E-state index is -0.262. The molecule has 2 aliphatic heterocycles. The Labute approximate surface area is 191 Å². The lowest BCUT2D eigenvalue weighted by molar-refractivity contribution is -0.122. The number of anilines is 1. The average Bonchev–Trinajstić information content (AvgIpc) is 3.60. The fourth-order valence-corrected chi connectivity index (χ4v) is 4.74. The monoisotopic (exact) mass is 452 g/mol. The molecule has 0 radical (unpaired) electrons. The zero-order chi connectivity index (χ0) is 21.9. The summed E-state index contributed by atoms with van der Waals surface area (Å²) in [5.74, 6) is 0.963. The molecule has 3 aromatic rings. The Bertz CT molecular complexity index is 1080. The first kappa shape index (κ1) is 21.2. The Morgan fingerprint density at radius 2 is 2.00 bits per heavy atom. The molecule has 1 aromatic carbocycles. The second-order valence-corrected chi connectivity index (χ2v) is 8.94. The third-order valence-corrected chi connectivity index (χ3v) is 6.64. The highest BCUT2D eigenvalue weighted by Gasteiger charge is 2.29. The number of aromatic nitrogens is 4. The van der Waals surface area contributed by atoms with Gasteiger partial charge in [0.05, 0.1) is 18.1 Å². The van der Waals surface area contributed by atoms with Crippen molar-refractivity contribution in [1.29, 1.82) is 0 Å². The van der Waals surface area contributed by atoms with E-state index < -0.39 is 0 Å². The van der Waals surface area contributed by atoms with Crippen LogP contribution in [0.25, 0.3) is 11.0 Å². The molecule has 2 unspecified atom stereocenters. The lowest BCUT2D eigenvalue weighted by Crippen LogP contribution is -2.44. The highest BCUT2D eigenvalue weighted by Crippen LogP contribution is 2.28. The van der Waals surface area contributed by atoms with Gasteiger partial charge in [0.15, 0.2) is 10.8 Å². The molecule has 2 atom stereocenters. The number of benzene rings is 1. The molecule has 2 aliphatic rings. The number of hydrogen-bond acceptors (Lipinski definition) is 8. The quantitative estimate of drug-likeness (QED) is 0.369. The minimum absolute atomic E-state index is 0.00965. The molecule has 2 saturated heterocycles. The van der Waals surface area contributed by atoms with Crippen LogP contribution < -0.4 is 21.1 Å². The van der Waals surface area contributed by atoms with Crippen molar-refractivity contribution >= 4 is 34.5 Å². The summed E-state index contributed by atoms with van der Waals surface area (Å²) in [7, 11) is 0. The van der Waals surface area contributed by atoms with Crippen LogP contribution in [-0.2, 0) is 11.3 Å². The predicted octanol–water partition coefficient (Wildman–Crippen LogP) is 1.87. The summed E-state index contributed by atoms with van der Waals surface area (Å²) >= 11 is 1.54. The zero-order valence-electron chi connectivity index (χ0n) is 18.1. The van der Waals surface area contributed by atoms with Crippen molar-refractivity contribution in [3.8, 4) is 0 Å². The SMILES string of the molecule is CSc1nc(N2CCCC2)c2cnn(CCNC(=O)C3CC(c4ccccc4)NN3)c2n1. The molecule has 1 amide bonds. The Hall–Kier alpha value is -2.69. The van der Waals surface area contributed by atoms with Crippen LogP contribution in [0.3, 0.4) is 0 Å². The lowest BCUT2D eigenvalue weighted by atomic mass is 10.0. The maximum Gasteiger partial charge on any atom is 0.238 e. The molecule has 4 heterocycles. The van der Waals surface area contributed by atoms with Crippen molar-refractivity contribution in [2.75, 3.05) is 30.8 Å². The summed E-state index contributed by atoms with van der Waals surface area (Å²) in [6, 6.07) is 10.0. The largest absolute Gasteiger partial charge is 0.356 e. The van der Waals surface area contributed by atoms with Gasteiger partial charge in [-0.05, 0) is 31.1 Å². The van der Waals surface area contributed by atoms with Gasteiger partial charge in [-0.2, -0.15) is 5.10 Å². The summed E-state index contributed by atoms with van der Waals surface area (Å²) in [4.78, 5) is 24.4. The fraction of sp³-hybridized carbons (Fsp3) is 0.455. The third-order valence-electron chi connectivity index (χ3n) is 6.09. The standard InChI is InChI=1S/C22H28N8OS/c1-32-22-25-19(29-10-5-6-11-29)16-14-24-30(20(16)26-22)12-9-23-21(31)18-13-17(27-28-18)15-7-3-2-4-8-15/h2-4,7-8,14,17-18,27-28H,5-6,9-13H2,1H3,(H,23,31). The van der Waals surface area contributed by atoms with Gasteiger partial charge in [0, 0.05) is 25.7 Å². The number of hydrogen-bond donors (Lipinski definition) is 3. The molecule has 0 spiro atoms. The van der Waals surface area contributed by atoms with Gasteiger partial charge in [0.2, 0.25) is 5.91 Å². The van der Waals surface area contributed by atoms with Crippen LogP contribution in [0.4, 0.5) is 5.82 Å². The van der Waals surface area contributed by atoms with Crippen LogP contribution in [0, 0.1) is 0 Å². The van der Waals surface area contributed by atoms with E-state index in [1.54, 1.807) is 0 Å². The number of nitrogens with zero attached hydrogens (tertiary/aromatic N) is 5. The lowest BCUT2D eigenvalue weighted by Gasteiger charge is -2.17. The van der Waals surface area contributed by atoms with Crippen LogP contribution in [0.1, 0.15) is 30.9 Å². The molecular formula is C22H28N8OS. The van der Waals surface area contributed by atoms with Crippen molar-refractivity contribution in [3.63, 3.8) is 0 Å². The summed E-state index contributed by atoms with van der Waals surface area (Å²) < 4.78 is 1.86. The van der Waals surface area contributed by atoms with Gasteiger partial charge in [-0.3, -0.25) is 4.79 Å². The highest BCUT2D eigenvalue weighted by atomic mass is 32.2. The van der Waals surface area contributed by atoms with E-state index >= 15 is 0 Å². The van der Waals surface area contributed by atoms with Crippen molar-refractivity contribution < 1.29 is 4.79 Å². The molecule has 0 aliphatic carbocycles. The fourth-order valence-electron chi connectivity index (χ4n) is 4.39. The van der Waals surface area contributed by atoms with E-state index in [2.05, 4.69) is 38.3 Å². The zero-order valence-corrected chi connectivity index (χ0v) is 18.9. The number of carbonyl (C=O) groups excluding carboxylic acids is 1. The number of rotatable bonds is 7. The molecule has 3 N–H and O–H groups in total. The molecular weight excluding hydrogens is 424 g/mol. The van der Waals surface area contributed by atoms with Crippen LogP contribution in [0.5, 0.6) is 0 Å². The first-order valence-electron chi connectivity index (χ1n) is 11.1. The minimum Gasteiger partial charge on any atom is -0.356 e. The molecule has 32 heavy (non-hydrogen) atoms. The number of thioether (sulfide) groups is 1. The topological polar surface area (TPSA) is 100 Å². The van der Waals surface area contributed by atoms with Crippen LogP contribution in [-0.4, -0.2) is 57.6 Å². The van der Waals surface area contributed by atoms with E-state index in [0.29, 0.717) is 19.5 Å².